The van der Waals surface area contributed by atoms with Crippen molar-refractivity contribution in [1.82, 2.24) is 19.6 Å². The number of nitrogens with zero attached hydrogens (tertiary/aromatic N) is 4. The molecule has 4 rings (SSSR count). The Hall–Kier alpha value is -2.50. The maximum absolute atomic E-state index is 13.6. The van der Waals surface area contributed by atoms with Gasteiger partial charge in [0.15, 0.2) is 0 Å². The van der Waals surface area contributed by atoms with Crippen molar-refractivity contribution in [3.63, 3.8) is 0 Å². The van der Waals surface area contributed by atoms with Crippen LogP contribution in [0.25, 0.3) is 0 Å². The molecule has 1 atom stereocenters. The Kier molecular flexibility index (Phi) is 10.1. The normalized spacial score (nSPS) is 17.9. The second-order valence-corrected chi connectivity index (χ2v) is 12.3. The Labute approximate surface area is 247 Å². The number of hydrogen-bond acceptors (Lipinski definition) is 4. The molecule has 2 aromatic carbocycles. The molecule has 2 amide bonds. The molecule has 2 heterocycles. The predicted octanol–water partition coefficient (Wildman–Crippen LogP) is 5.34. The number of amides is 2. The predicted molar refractivity (Wildman–Crippen MR) is 153 cm³/mol. The Morgan fingerprint density at radius 2 is 1.66 bits per heavy atom. The van der Waals surface area contributed by atoms with Gasteiger partial charge in [0.05, 0.1) is 5.56 Å². The third-order valence-electron chi connectivity index (χ3n) is 8.02. The first-order chi connectivity index (χ1) is 19.3. The van der Waals surface area contributed by atoms with E-state index in [0.717, 1.165) is 63.5 Å². The largest absolute Gasteiger partial charge is 0.416 e. The van der Waals surface area contributed by atoms with Crippen molar-refractivity contribution in [2.45, 2.75) is 38.4 Å². The third-order valence-corrected chi connectivity index (χ3v) is 8.48. The first-order valence-electron chi connectivity index (χ1n) is 14.0. The van der Waals surface area contributed by atoms with E-state index in [-0.39, 0.29) is 40.1 Å². The molecule has 2 aliphatic heterocycles. The average Bonchev–Trinajstić information content (AvgIpc) is 2.90. The highest BCUT2D eigenvalue weighted by molar-refractivity contribution is 9.10. The molecule has 1 unspecified atom stereocenters. The second kappa shape index (κ2) is 13.2. The van der Waals surface area contributed by atoms with Gasteiger partial charge in [-0.05, 0) is 48.9 Å². The van der Waals surface area contributed by atoms with Crippen molar-refractivity contribution in [3.05, 3.63) is 69.4 Å². The van der Waals surface area contributed by atoms with E-state index in [1.165, 1.54) is 23.1 Å². The summed E-state index contributed by atoms with van der Waals surface area (Å²) in [4.78, 5) is 33.6. The van der Waals surface area contributed by atoms with Crippen LogP contribution >= 0.6 is 15.9 Å². The zero-order valence-corrected chi connectivity index (χ0v) is 25.2. The van der Waals surface area contributed by atoms with Gasteiger partial charge in [-0.25, -0.2) is 4.39 Å². The average molecular weight is 642 g/mol. The molecule has 0 radical (unpaired) electrons. The highest BCUT2D eigenvalue weighted by Crippen LogP contribution is 2.33. The van der Waals surface area contributed by atoms with Crippen LogP contribution < -0.4 is 0 Å². The fourth-order valence-electron chi connectivity index (χ4n) is 5.58. The van der Waals surface area contributed by atoms with Gasteiger partial charge in [0, 0.05) is 80.8 Å². The molecule has 2 saturated heterocycles. The first kappa shape index (κ1) is 31.4. The quantitative estimate of drug-likeness (QED) is 0.348. The Bertz CT molecular complexity index is 1210. The van der Waals surface area contributed by atoms with E-state index >= 15 is 0 Å². The van der Waals surface area contributed by atoms with Crippen molar-refractivity contribution in [1.29, 1.82) is 0 Å². The van der Waals surface area contributed by atoms with Crippen LogP contribution in [0, 0.1) is 11.7 Å². The van der Waals surface area contributed by atoms with Crippen molar-refractivity contribution >= 4 is 27.7 Å². The number of likely N-dealkylation sites (tertiary alicyclic amines) is 1. The zero-order chi connectivity index (χ0) is 29.9. The van der Waals surface area contributed by atoms with Gasteiger partial charge >= 0.3 is 6.18 Å². The molecule has 224 valence electrons. The number of benzene rings is 2. The van der Waals surface area contributed by atoms with Gasteiger partial charge in [0.25, 0.3) is 5.91 Å². The van der Waals surface area contributed by atoms with Crippen LogP contribution in [-0.2, 0) is 11.0 Å². The number of rotatable bonds is 9. The number of halogens is 5. The van der Waals surface area contributed by atoms with E-state index in [1.807, 2.05) is 18.7 Å². The molecule has 0 N–H and O–H groups in total. The van der Waals surface area contributed by atoms with Crippen LogP contribution in [0.2, 0.25) is 0 Å². The molecule has 0 aromatic heterocycles. The van der Waals surface area contributed by atoms with Crippen LogP contribution in [0.4, 0.5) is 17.6 Å². The van der Waals surface area contributed by atoms with Crippen molar-refractivity contribution < 1.29 is 27.2 Å². The van der Waals surface area contributed by atoms with E-state index in [4.69, 9.17) is 0 Å². The molecule has 0 spiro atoms. The van der Waals surface area contributed by atoms with E-state index in [9.17, 15) is 27.2 Å². The molecule has 2 fully saturated rings. The summed E-state index contributed by atoms with van der Waals surface area (Å²) in [5.41, 5.74) is -0.0638. The lowest BCUT2D eigenvalue weighted by atomic mass is 9.93. The number of alkyl halides is 3. The Morgan fingerprint density at radius 3 is 2.24 bits per heavy atom. The van der Waals surface area contributed by atoms with E-state index in [0.29, 0.717) is 12.5 Å². The summed E-state index contributed by atoms with van der Waals surface area (Å²) in [6.07, 6.45) is -3.86. The summed E-state index contributed by atoms with van der Waals surface area (Å²) in [6, 6.07) is 9.83. The molecule has 2 aliphatic rings. The minimum atomic E-state index is -4.57. The van der Waals surface area contributed by atoms with E-state index < -0.39 is 17.6 Å². The van der Waals surface area contributed by atoms with Gasteiger partial charge in [-0.3, -0.25) is 14.5 Å². The monoisotopic (exact) mass is 640 g/mol. The Balaban J connectivity index is 1.35. The summed E-state index contributed by atoms with van der Waals surface area (Å²) in [5.74, 6) is -0.773. The summed E-state index contributed by atoms with van der Waals surface area (Å²) in [7, 11) is 1.58. The third kappa shape index (κ3) is 8.08. The van der Waals surface area contributed by atoms with Crippen LogP contribution in [0.5, 0.6) is 0 Å². The Morgan fingerprint density at radius 1 is 1.02 bits per heavy atom. The van der Waals surface area contributed by atoms with Gasteiger partial charge in [-0.15, -0.1) is 0 Å². The summed E-state index contributed by atoms with van der Waals surface area (Å²) in [6.45, 7) is 9.99. The highest BCUT2D eigenvalue weighted by Gasteiger charge is 2.35. The standard InChI is InChI=1S/C30H37BrF4N4O2/c1-20(2)28(40)39-12-10-38(11-13-39)27-18-37(19-27)9-8-22(21-4-6-26(32)7-5-21)17-36(3)29(41)23-14-24(30(33,34)35)16-25(31)15-23/h4-7,14-16,20,22,27H,8-13,17-19H2,1-3H3. The summed E-state index contributed by atoms with van der Waals surface area (Å²) < 4.78 is 53.8. The molecule has 0 bridgehead atoms. The van der Waals surface area contributed by atoms with Crippen molar-refractivity contribution in [3.8, 4) is 0 Å². The van der Waals surface area contributed by atoms with Crippen LogP contribution in [0.3, 0.4) is 0 Å². The minimum absolute atomic E-state index is 0.0102. The van der Waals surface area contributed by atoms with Gasteiger partial charge in [0.1, 0.15) is 5.82 Å². The number of hydrogen-bond donors (Lipinski definition) is 0. The summed E-state index contributed by atoms with van der Waals surface area (Å²) in [5, 5.41) is 0. The fraction of sp³-hybridized carbons (Fsp3) is 0.533. The minimum Gasteiger partial charge on any atom is -0.341 e. The van der Waals surface area contributed by atoms with Crippen LogP contribution in [0.15, 0.2) is 46.9 Å². The summed E-state index contributed by atoms with van der Waals surface area (Å²) >= 11 is 3.09. The van der Waals surface area contributed by atoms with Crippen LogP contribution in [-0.4, -0.2) is 96.9 Å². The highest BCUT2D eigenvalue weighted by atomic mass is 79.9. The number of carbonyl (C=O) groups excluding carboxylic acids is 2. The molecule has 6 nitrogen and oxygen atoms in total. The first-order valence-corrected chi connectivity index (χ1v) is 14.7. The smallest absolute Gasteiger partial charge is 0.341 e. The van der Waals surface area contributed by atoms with Gasteiger partial charge < -0.3 is 14.7 Å². The lowest BCUT2D eigenvalue weighted by Crippen LogP contribution is -2.63. The van der Waals surface area contributed by atoms with E-state index in [2.05, 4.69) is 25.7 Å². The maximum atomic E-state index is 13.6. The van der Waals surface area contributed by atoms with Crippen molar-refractivity contribution in [2.24, 2.45) is 5.92 Å². The lowest BCUT2D eigenvalue weighted by molar-refractivity contribution is -0.138. The SMILES string of the molecule is CC(C)C(=O)N1CCN(C2CN(CCC(CN(C)C(=O)c3cc(Br)cc(C(F)(F)F)c3)c3ccc(F)cc3)C2)CC1. The molecule has 11 heteroatoms. The lowest BCUT2D eigenvalue weighted by Gasteiger charge is -2.48. The maximum Gasteiger partial charge on any atom is 0.416 e. The van der Waals surface area contributed by atoms with Gasteiger partial charge in [-0.2, -0.15) is 13.2 Å². The van der Waals surface area contributed by atoms with Crippen LogP contribution in [0.1, 0.15) is 47.7 Å². The topological polar surface area (TPSA) is 47.1 Å². The molecule has 0 aliphatic carbocycles. The zero-order valence-electron chi connectivity index (χ0n) is 23.6. The molecule has 41 heavy (non-hydrogen) atoms. The van der Waals surface area contributed by atoms with Gasteiger partial charge in [-0.1, -0.05) is 41.9 Å². The molecular weight excluding hydrogens is 604 g/mol. The second-order valence-electron chi connectivity index (χ2n) is 11.4. The number of carbonyl (C=O) groups is 2. The molecule has 2 aromatic rings. The molecular formula is C30H37BrF4N4O2. The number of piperazine rings is 1. The van der Waals surface area contributed by atoms with Crippen molar-refractivity contribution in [2.75, 3.05) is 59.4 Å². The van der Waals surface area contributed by atoms with E-state index in [1.54, 1.807) is 19.2 Å². The number of likely N-dealkylation sites (N-methyl/N-ethyl adjacent to an activating group) is 1. The fourth-order valence-corrected chi connectivity index (χ4v) is 6.07. The van der Waals surface area contributed by atoms with Gasteiger partial charge in [0.2, 0.25) is 5.91 Å². The molecule has 0 saturated carbocycles.